The van der Waals surface area contributed by atoms with E-state index < -0.39 is 0 Å². The van der Waals surface area contributed by atoms with E-state index in [1.54, 1.807) is 0 Å². The van der Waals surface area contributed by atoms with E-state index in [0.29, 0.717) is 18.7 Å². The predicted octanol–water partition coefficient (Wildman–Crippen LogP) is 5.45. The second-order valence-electron chi connectivity index (χ2n) is 8.33. The maximum Gasteiger partial charge on any atom is 0.321 e. The molecule has 6 nitrogen and oxygen atoms in total. The Morgan fingerprint density at radius 1 is 0.618 bits per heavy atom. The second-order valence-corrected chi connectivity index (χ2v) is 8.33. The summed E-state index contributed by atoms with van der Waals surface area (Å²) in [6.07, 6.45) is 0. The number of carbonyl (C=O) groups excluding carboxylic acids is 2. The average Bonchev–Trinajstić information content (AvgIpc) is 2.89. The molecule has 0 unspecified atom stereocenters. The van der Waals surface area contributed by atoms with Crippen molar-refractivity contribution < 1.29 is 9.59 Å². The van der Waals surface area contributed by atoms with Gasteiger partial charge >= 0.3 is 6.03 Å². The molecule has 0 radical (unpaired) electrons. The lowest BCUT2D eigenvalue weighted by molar-refractivity contribution is 0.102. The van der Waals surface area contributed by atoms with E-state index in [9.17, 15) is 9.59 Å². The lowest BCUT2D eigenvalue weighted by Gasteiger charge is -2.36. The standard InChI is InChI=1S/C28H26N4O2/c33-27(23-11-10-21-6-4-5-7-22(21)20-23)29-25-12-14-26(15-13-25)31-16-18-32(19-17-31)28(34)30-24-8-2-1-3-9-24/h1-15,20H,16-19H2,(H,29,33)(H,30,34). The third kappa shape index (κ3) is 4.86. The topological polar surface area (TPSA) is 64.7 Å². The molecule has 0 spiro atoms. The number of nitrogens with zero attached hydrogens (tertiary/aromatic N) is 2. The maximum atomic E-state index is 12.7. The number of urea groups is 1. The Labute approximate surface area is 198 Å². The Morgan fingerprint density at radius 2 is 1.26 bits per heavy atom. The number of piperazine rings is 1. The van der Waals surface area contributed by atoms with E-state index in [-0.39, 0.29) is 11.9 Å². The Morgan fingerprint density at radius 3 is 2.00 bits per heavy atom. The maximum absolute atomic E-state index is 12.7. The van der Waals surface area contributed by atoms with Crippen LogP contribution in [0.5, 0.6) is 0 Å². The summed E-state index contributed by atoms with van der Waals surface area (Å²) in [5.41, 5.74) is 3.26. The van der Waals surface area contributed by atoms with Crippen LogP contribution in [-0.4, -0.2) is 43.0 Å². The molecule has 1 aliphatic rings. The van der Waals surface area contributed by atoms with Crippen LogP contribution < -0.4 is 15.5 Å². The van der Waals surface area contributed by atoms with Gasteiger partial charge in [0.15, 0.2) is 0 Å². The summed E-state index contributed by atoms with van der Waals surface area (Å²) in [5, 5.41) is 8.08. The van der Waals surface area contributed by atoms with Crippen LogP contribution in [0.15, 0.2) is 97.1 Å². The fraction of sp³-hybridized carbons (Fsp3) is 0.143. The predicted molar refractivity (Wildman–Crippen MR) is 138 cm³/mol. The number of fused-ring (bicyclic) bond motifs is 1. The van der Waals surface area contributed by atoms with Crippen molar-refractivity contribution in [3.05, 3.63) is 103 Å². The van der Waals surface area contributed by atoms with Crippen LogP contribution in [0.2, 0.25) is 0 Å². The highest BCUT2D eigenvalue weighted by atomic mass is 16.2. The average molecular weight is 451 g/mol. The van der Waals surface area contributed by atoms with E-state index >= 15 is 0 Å². The molecule has 0 aliphatic carbocycles. The number of para-hydroxylation sites is 1. The third-order valence-corrected chi connectivity index (χ3v) is 6.09. The number of amides is 3. The first-order chi connectivity index (χ1) is 16.7. The summed E-state index contributed by atoms with van der Waals surface area (Å²) in [4.78, 5) is 29.3. The molecule has 5 rings (SSSR count). The van der Waals surface area contributed by atoms with Gasteiger partial charge in [0.1, 0.15) is 0 Å². The fourth-order valence-corrected chi connectivity index (χ4v) is 4.18. The Balaban J connectivity index is 1.16. The molecule has 1 heterocycles. The van der Waals surface area contributed by atoms with Gasteiger partial charge in [-0.05, 0) is 59.3 Å². The van der Waals surface area contributed by atoms with E-state index in [1.165, 1.54) is 0 Å². The normalized spacial score (nSPS) is 13.5. The van der Waals surface area contributed by atoms with Crippen LogP contribution >= 0.6 is 0 Å². The van der Waals surface area contributed by atoms with Gasteiger partial charge in [-0.3, -0.25) is 4.79 Å². The first kappa shape index (κ1) is 21.5. The zero-order valence-electron chi connectivity index (χ0n) is 18.8. The highest BCUT2D eigenvalue weighted by Crippen LogP contribution is 2.21. The first-order valence-corrected chi connectivity index (χ1v) is 11.4. The minimum Gasteiger partial charge on any atom is -0.368 e. The van der Waals surface area contributed by atoms with Gasteiger partial charge in [-0.15, -0.1) is 0 Å². The Kier molecular flexibility index (Phi) is 6.12. The monoisotopic (exact) mass is 450 g/mol. The molecule has 0 bridgehead atoms. The van der Waals surface area contributed by atoms with Gasteiger partial charge < -0.3 is 20.4 Å². The molecule has 6 heteroatoms. The Hall–Kier alpha value is -4.32. The molecule has 0 aromatic heterocycles. The lowest BCUT2D eigenvalue weighted by Crippen LogP contribution is -2.50. The number of benzene rings is 4. The first-order valence-electron chi connectivity index (χ1n) is 11.4. The fourth-order valence-electron chi connectivity index (χ4n) is 4.18. The van der Waals surface area contributed by atoms with Crippen molar-refractivity contribution in [3.8, 4) is 0 Å². The molecule has 2 N–H and O–H groups in total. The van der Waals surface area contributed by atoms with E-state index in [0.717, 1.165) is 40.9 Å². The van der Waals surface area contributed by atoms with Gasteiger partial charge in [0.05, 0.1) is 0 Å². The number of hydrogen-bond acceptors (Lipinski definition) is 3. The van der Waals surface area contributed by atoms with Gasteiger partial charge in [0, 0.05) is 48.8 Å². The number of anilines is 3. The lowest BCUT2D eigenvalue weighted by atomic mass is 10.1. The van der Waals surface area contributed by atoms with Crippen molar-refractivity contribution in [2.24, 2.45) is 0 Å². The molecule has 1 aliphatic heterocycles. The minimum absolute atomic E-state index is 0.0717. The third-order valence-electron chi connectivity index (χ3n) is 6.09. The van der Waals surface area contributed by atoms with Crippen molar-refractivity contribution >= 4 is 39.8 Å². The van der Waals surface area contributed by atoms with Crippen LogP contribution in [0.1, 0.15) is 10.4 Å². The zero-order chi connectivity index (χ0) is 23.3. The summed E-state index contributed by atoms with van der Waals surface area (Å²) in [6, 6.07) is 31.0. The summed E-state index contributed by atoms with van der Waals surface area (Å²) in [5.74, 6) is -0.128. The molecule has 34 heavy (non-hydrogen) atoms. The highest BCUT2D eigenvalue weighted by Gasteiger charge is 2.21. The minimum atomic E-state index is -0.128. The number of rotatable bonds is 4. The number of hydrogen-bond donors (Lipinski definition) is 2. The molecule has 0 saturated carbocycles. The van der Waals surface area contributed by atoms with Crippen molar-refractivity contribution in [1.82, 2.24) is 4.90 Å². The van der Waals surface area contributed by atoms with Gasteiger partial charge in [-0.1, -0.05) is 48.5 Å². The van der Waals surface area contributed by atoms with E-state index in [2.05, 4.69) is 15.5 Å². The summed E-state index contributed by atoms with van der Waals surface area (Å²) < 4.78 is 0. The van der Waals surface area contributed by atoms with Gasteiger partial charge in [0.2, 0.25) is 0 Å². The molecule has 170 valence electrons. The quantitative estimate of drug-likeness (QED) is 0.435. The van der Waals surface area contributed by atoms with E-state index in [4.69, 9.17) is 0 Å². The summed E-state index contributed by atoms with van der Waals surface area (Å²) >= 11 is 0. The molecular weight excluding hydrogens is 424 g/mol. The smallest absolute Gasteiger partial charge is 0.321 e. The summed E-state index contributed by atoms with van der Waals surface area (Å²) in [6.45, 7) is 2.81. The van der Waals surface area contributed by atoms with Crippen LogP contribution in [0, 0.1) is 0 Å². The number of carbonyl (C=O) groups is 2. The van der Waals surface area contributed by atoms with Crippen molar-refractivity contribution in [2.45, 2.75) is 0 Å². The number of nitrogens with one attached hydrogen (secondary N) is 2. The Bertz CT molecular complexity index is 1300. The second kappa shape index (κ2) is 9.67. The van der Waals surface area contributed by atoms with Crippen LogP contribution in [0.4, 0.5) is 21.9 Å². The van der Waals surface area contributed by atoms with Gasteiger partial charge in [0.25, 0.3) is 5.91 Å². The van der Waals surface area contributed by atoms with Crippen molar-refractivity contribution in [2.75, 3.05) is 41.7 Å². The van der Waals surface area contributed by atoms with Crippen LogP contribution in [0.3, 0.4) is 0 Å². The molecule has 0 atom stereocenters. The SMILES string of the molecule is O=C(Nc1ccc(N2CCN(C(=O)Nc3ccccc3)CC2)cc1)c1ccc2ccccc2c1. The van der Waals surface area contributed by atoms with E-state index in [1.807, 2.05) is 102 Å². The molecule has 4 aromatic carbocycles. The van der Waals surface area contributed by atoms with Crippen LogP contribution in [0.25, 0.3) is 10.8 Å². The molecular formula is C28H26N4O2. The van der Waals surface area contributed by atoms with Gasteiger partial charge in [-0.25, -0.2) is 4.79 Å². The molecule has 1 saturated heterocycles. The molecule has 4 aromatic rings. The zero-order valence-corrected chi connectivity index (χ0v) is 18.8. The molecule has 3 amide bonds. The van der Waals surface area contributed by atoms with Crippen molar-refractivity contribution in [1.29, 1.82) is 0 Å². The molecule has 1 fully saturated rings. The van der Waals surface area contributed by atoms with Crippen LogP contribution in [-0.2, 0) is 0 Å². The summed E-state index contributed by atoms with van der Waals surface area (Å²) in [7, 11) is 0. The highest BCUT2D eigenvalue weighted by molar-refractivity contribution is 6.06. The van der Waals surface area contributed by atoms with Crippen molar-refractivity contribution in [3.63, 3.8) is 0 Å². The van der Waals surface area contributed by atoms with Gasteiger partial charge in [-0.2, -0.15) is 0 Å². The largest absolute Gasteiger partial charge is 0.368 e.